The van der Waals surface area contributed by atoms with Crippen LogP contribution in [0.2, 0.25) is 0 Å². The lowest BCUT2D eigenvalue weighted by Crippen LogP contribution is -1.98. The number of pyridine rings is 1. The predicted octanol–water partition coefficient (Wildman–Crippen LogP) is 2.83. The van der Waals surface area contributed by atoms with Crippen molar-refractivity contribution in [3.05, 3.63) is 54.9 Å². The summed E-state index contributed by atoms with van der Waals surface area (Å²) in [5, 5.41) is 4.36. The molecule has 3 rings (SSSR count). The monoisotopic (exact) mass is 225 g/mol. The Morgan fingerprint density at radius 1 is 1.18 bits per heavy atom. The van der Waals surface area contributed by atoms with Gasteiger partial charge in [0.2, 0.25) is 0 Å². The third-order valence-corrected chi connectivity index (χ3v) is 2.54. The van der Waals surface area contributed by atoms with E-state index in [4.69, 9.17) is 4.42 Å². The number of rotatable bonds is 3. The summed E-state index contributed by atoms with van der Waals surface area (Å²) in [6, 6.07) is 10.1. The number of anilines is 1. The average Bonchev–Trinajstić information content (AvgIpc) is 2.89. The van der Waals surface area contributed by atoms with Crippen molar-refractivity contribution >= 4 is 16.6 Å². The van der Waals surface area contributed by atoms with Crippen LogP contribution in [0.15, 0.2) is 53.5 Å². The molecule has 0 radical (unpaired) electrons. The fourth-order valence-corrected chi connectivity index (χ4v) is 1.69. The van der Waals surface area contributed by atoms with Gasteiger partial charge in [0, 0.05) is 5.39 Å². The molecular formula is C13H11N3O. The summed E-state index contributed by atoms with van der Waals surface area (Å²) in [4.78, 5) is 8.23. The molecule has 84 valence electrons. The van der Waals surface area contributed by atoms with Crippen LogP contribution in [0.25, 0.3) is 10.9 Å². The van der Waals surface area contributed by atoms with E-state index in [1.165, 1.54) is 6.39 Å². The van der Waals surface area contributed by atoms with Crippen LogP contribution in [0.5, 0.6) is 0 Å². The van der Waals surface area contributed by atoms with E-state index in [-0.39, 0.29) is 0 Å². The zero-order valence-electron chi connectivity index (χ0n) is 9.13. The van der Waals surface area contributed by atoms with Crippen LogP contribution in [0.3, 0.4) is 0 Å². The van der Waals surface area contributed by atoms with E-state index in [0.29, 0.717) is 6.54 Å². The van der Waals surface area contributed by atoms with Gasteiger partial charge in [-0.05, 0) is 12.1 Å². The molecule has 0 unspecified atom stereocenters. The largest absolute Gasteiger partial charge is 0.447 e. The molecule has 1 N–H and O–H groups in total. The average molecular weight is 225 g/mol. The van der Waals surface area contributed by atoms with Crippen molar-refractivity contribution in [1.82, 2.24) is 9.97 Å². The number of hydrogen-bond donors (Lipinski definition) is 1. The maximum Gasteiger partial charge on any atom is 0.180 e. The Bertz CT molecular complexity index is 619. The zero-order valence-corrected chi connectivity index (χ0v) is 9.13. The Balaban J connectivity index is 1.81. The Labute approximate surface area is 98.3 Å². The van der Waals surface area contributed by atoms with E-state index in [2.05, 4.69) is 21.4 Å². The molecule has 0 atom stereocenters. The molecule has 4 heteroatoms. The second kappa shape index (κ2) is 4.25. The maximum atomic E-state index is 5.15. The minimum Gasteiger partial charge on any atom is -0.447 e. The van der Waals surface area contributed by atoms with E-state index in [0.717, 1.165) is 22.4 Å². The fraction of sp³-hybridized carbons (Fsp3) is 0.0769. The molecule has 0 aliphatic carbocycles. The summed E-state index contributed by atoms with van der Waals surface area (Å²) in [7, 11) is 0. The van der Waals surface area contributed by atoms with Gasteiger partial charge < -0.3 is 9.73 Å². The molecule has 2 heterocycles. The molecule has 0 aliphatic heterocycles. The number of hydrogen-bond acceptors (Lipinski definition) is 4. The Morgan fingerprint density at radius 3 is 3.00 bits per heavy atom. The van der Waals surface area contributed by atoms with Crippen molar-refractivity contribution in [3.63, 3.8) is 0 Å². The molecule has 3 aromatic rings. The first-order valence-corrected chi connectivity index (χ1v) is 5.38. The minimum atomic E-state index is 0.611. The highest BCUT2D eigenvalue weighted by molar-refractivity contribution is 5.81. The maximum absolute atomic E-state index is 5.15. The summed E-state index contributed by atoms with van der Waals surface area (Å²) in [5.74, 6) is 0.804. The molecule has 2 aromatic heterocycles. The van der Waals surface area contributed by atoms with Gasteiger partial charge in [0.15, 0.2) is 6.39 Å². The quantitative estimate of drug-likeness (QED) is 0.744. The smallest absolute Gasteiger partial charge is 0.180 e. The molecule has 0 bridgehead atoms. The molecule has 0 aliphatic rings. The van der Waals surface area contributed by atoms with E-state index < -0.39 is 0 Å². The summed E-state index contributed by atoms with van der Waals surface area (Å²) in [6.45, 7) is 0.611. The molecule has 1 aromatic carbocycles. The molecular weight excluding hydrogens is 214 g/mol. The van der Waals surface area contributed by atoms with Crippen LogP contribution < -0.4 is 5.32 Å². The van der Waals surface area contributed by atoms with Gasteiger partial charge in [-0.1, -0.05) is 18.2 Å². The number of para-hydroxylation sites is 1. The Hall–Kier alpha value is -2.36. The molecule has 4 nitrogen and oxygen atoms in total. The van der Waals surface area contributed by atoms with Gasteiger partial charge in [-0.3, -0.25) is 4.98 Å². The molecule has 0 amide bonds. The van der Waals surface area contributed by atoms with Gasteiger partial charge in [-0.2, -0.15) is 0 Å². The van der Waals surface area contributed by atoms with Crippen LogP contribution in [-0.2, 0) is 6.54 Å². The molecule has 17 heavy (non-hydrogen) atoms. The minimum absolute atomic E-state index is 0.611. The van der Waals surface area contributed by atoms with Gasteiger partial charge in [-0.15, -0.1) is 0 Å². The van der Waals surface area contributed by atoms with Crippen molar-refractivity contribution in [3.8, 4) is 0 Å². The second-order valence-electron chi connectivity index (χ2n) is 3.74. The Morgan fingerprint density at radius 2 is 2.12 bits per heavy atom. The normalized spacial score (nSPS) is 10.6. The van der Waals surface area contributed by atoms with Gasteiger partial charge in [0.1, 0.15) is 5.76 Å². The van der Waals surface area contributed by atoms with E-state index in [1.54, 1.807) is 6.20 Å². The summed E-state index contributed by atoms with van der Waals surface area (Å²) < 4.78 is 5.15. The molecule has 0 saturated heterocycles. The lowest BCUT2D eigenvalue weighted by molar-refractivity contribution is 0.512. The summed E-state index contributed by atoms with van der Waals surface area (Å²) in [6.07, 6.45) is 4.94. The van der Waals surface area contributed by atoms with Crippen molar-refractivity contribution in [2.24, 2.45) is 0 Å². The van der Waals surface area contributed by atoms with Crippen molar-refractivity contribution < 1.29 is 4.42 Å². The van der Waals surface area contributed by atoms with Crippen LogP contribution in [0, 0.1) is 0 Å². The summed E-state index contributed by atoms with van der Waals surface area (Å²) in [5.41, 5.74) is 1.97. The number of benzene rings is 1. The Kier molecular flexibility index (Phi) is 2.46. The summed E-state index contributed by atoms with van der Waals surface area (Å²) >= 11 is 0. The molecule has 0 fully saturated rings. The van der Waals surface area contributed by atoms with Crippen LogP contribution >= 0.6 is 0 Å². The first-order valence-electron chi connectivity index (χ1n) is 5.38. The van der Waals surface area contributed by atoms with E-state index >= 15 is 0 Å². The van der Waals surface area contributed by atoms with Gasteiger partial charge in [0.05, 0.1) is 30.1 Å². The number of nitrogens with zero attached hydrogens (tertiary/aromatic N) is 2. The highest BCUT2D eigenvalue weighted by Gasteiger charge is 1.99. The van der Waals surface area contributed by atoms with E-state index in [9.17, 15) is 0 Å². The lowest BCUT2D eigenvalue weighted by atomic mass is 10.2. The fourth-order valence-electron chi connectivity index (χ4n) is 1.69. The first-order chi connectivity index (χ1) is 8.42. The highest BCUT2D eigenvalue weighted by atomic mass is 16.3. The number of nitrogens with one attached hydrogen (secondary N) is 1. The van der Waals surface area contributed by atoms with Gasteiger partial charge in [0.25, 0.3) is 0 Å². The third-order valence-electron chi connectivity index (χ3n) is 2.54. The molecule has 0 spiro atoms. The zero-order chi connectivity index (χ0) is 11.5. The van der Waals surface area contributed by atoms with Crippen LogP contribution in [0.1, 0.15) is 5.76 Å². The van der Waals surface area contributed by atoms with Crippen molar-refractivity contribution in [1.29, 1.82) is 0 Å². The van der Waals surface area contributed by atoms with Crippen molar-refractivity contribution in [2.45, 2.75) is 6.54 Å². The number of fused-ring (bicyclic) bond motifs is 1. The third kappa shape index (κ3) is 2.10. The van der Waals surface area contributed by atoms with Crippen LogP contribution in [0.4, 0.5) is 5.69 Å². The number of aromatic nitrogens is 2. The first kappa shape index (κ1) is 9.84. The SMILES string of the molecule is c1ccc2ncc(NCc3cnco3)cc2c1. The lowest BCUT2D eigenvalue weighted by Gasteiger charge is -2.04. The number of oxazole rings is 1. The van der Waals surface area contributed by atoms with Crippen LogP contribution in [-0.4, -0.2) is 9.97 Å². The van der Waals surface area contributed by atoms with E-state index in [1.807, 2.05) is 30.5 Å². The second-order valence-corrected chi connectivity index (χ2v) is 3.74. The van der Waals surface area contributed by atoms with Crippen molar-refractivity contribution in [2.75, 3.05) is 5.32 Å². The van der Waals surface area contributed by atoms with Gasteiger partial charge in [-0.25, -0.2) is 4.98 Å². The standard InChI is InChI=1S/C13H11N3O/c1-2-4-13-10(3-1)5-11(6-16-13)15-8-12-7-14-9-17-12/h1-7,9,15H,8H2. The predicted molar refractivity (Wildman–Crippen MR) is 65.6 cm³/mol. The topological polar surface area (TPSA) is 51.0 Å². The highest BCUT2D eigenvalue weighted by Crippen LogP contribution is 2.16. The van der Waals surface area contributed by atoms with Gasteiger partial charge >= 0.3 is 0 Å². The molecule has 0 saturated carbocycles.